The summed E-state index contributed by atoms with van der Waals surface area (Å²) in [6.45, 7) is -0.210. The van der Waals surface area contributed by atoms with E-state index in [0.29, 0.717) is 11.1 Å². The average Bonchev–Trinajstić information content (AvgIpc) is 3.03. The molecule has 0 fully saturated rings. The van der Waals surface area contributed by atoms with Gasteiger partial charge in [-0.15, -0.1) is 0 Å². The highest BCUT2D eigenvalue weighted by atomic mass is 19.1. The number of benzene rings is 2. The maximum absolute atomic E-state index is 13.5. The van der Waals surface area contributed by atoms with Crippen LogP contribution in [0.4, 0.5) is 4.39 Å². The fourth-order valence-electron chi connectivity index (χ4n) is 2.77. The summed E-state index contributed by atoms with van der Waals surface area (Å²) in [5, 5.41) is 10.9. The van der Waals surface area contributed by atoms with Crippen LogP contribution in [0.15, 0.2) is 64.1 Å². The van der Waals surface area contributed by atoms with Crippen molar-refractivity contribution >= 4 is 22.1 Å². The zero-order chi connectivity index (χ0) is 18.1. The molecule has 0 saturated carbocycles. The predicted molar refractivity (Wildman–Crippen MR) is 93.7 cm³/mol. The second kappa shape index (κ2) is 6.61. The number of ether oxygens (including phenoxy) is 1. The van der Waals surface area contributed by atoms with Gasteiger partial charge < -0.3 is 14.3 Å². The van der Waals surface area contributed by atoms with Gasteiger partial charge in [-0.1, -0.05) is 24.3 Å². The molecule has 0 bridgehead atoms. The monoisotopic (exact) mass is 354 g/mol. The van der Waals surface area contributed by atoms with Crippen molar-refractivity contribution in [2.75, 3.05) is 6.61 Å². The Balaban J connectivity index is 1.55. The molecule has 4 rings (SSSR count). The number of aliphatic hydroxyl groups excluding tert-OH is 1. The van der Waals surface area contributed by atoms with E-state index >= 15 is 0 Å². The first kappa shape index (κ1) is 16.3. The van der Waals surface area contributed by atoms with Crippen molar-refractivity contribution in [3.8, 4) is 5.75 Å². The van der Waals surface area contributed by atoms with E-state index in [1.54, 1.807) is 18.2 Å². The van der Waals surface area contributed by atoms with Crippen LogP contribution in [0.1, 0.15) is 0 Å². The largest absolute Gasteiger partial charge is 0.488 e. The molecule has 0 aliphatic carbocycles. The summed E-state index contributed by atoms with van der Waals surface area (Å²) in [6.07, 6.45) is 0.342. The first-order valence-electron chi connectivity index (χ1n) is 8.05. The Hall–Kier alpha value is -3.19. The highest BCUT2D eigenvalue weighted by Crippen LogP contribution is 2.24. The van der Waals surface area contributed by atoms with E-state index in [9.17, 15) is 14.3 Å². The molecule has 0 radical (unpaired) electrons. The number of hydrogen-bond donors (Lipinski definition) is 1. The van der Waals surface area contributed by atoms with Gasteiger partial charge in [0.05, 0.1) is 12.9 Å². The van der Waals surface area contributed by atoms with Gasteiger partial charge in [-0.05, 0) is 24.3 Å². The van der Waals surface area contributed by atoms with Gasteiger partial charge in [0.25, 0.3) is 5.56 Å². The van der Waals surface area contributed by atoms with Crippen molar-refractivity contribution < 1.29 is 18.7 Å². The first-order valence-corrected chi connectivity index (χ1v) is 8.05. The number of para-hydroxylation sites is 2. The topological polar surface area (TPSA) is 77.5 Å². The first-order chi connectivity index (χ1) is 12.6. The predicted octanol–water partition coefficient (Wildman–Crippen LogP) is 2.72. The second-order valence-corrected chi connectivity index (χ2v) is 5.87. The van der Waals surface area contributed by atoms with Crippen LogP contribution in [-0.2, 0) is 6.54 Å². The van der Waals surface area contributed by atoms with Gasteiger partial charge >= 0.3 is 0 Å². The molecule has 6 nitrogen and oxygen atoms in total. The molecule has 132 valence electrons. The van der Waals surface area contributed by atoms with Gasteiger partial charge in [0.1, 0.15) is 23.8 Å². The fourth-order valence-corrected chi connectivity index (χ4v) is 2.77. The standard InChI is InChI=1S/C19H15FN2O4/c20-14-6-2-4-8-16(14)25-10-12(23)9-22-11-21-17-13-5-1-3-7-15(13)26-18(17)19(22)24/h1-8,11-12,23H,9-10H2. The summed E-state index contributed by atoms with van der Waals surface area (Å²) >= 11 is 0. The van der Waals surface area contributed by atoms with Crippen LogP contribution < -0.4 is 10.3 Å². The molecular weight excluding hydrogens is 339 g/mol. The molecule has 4 aromatic rings. The van der Waals surface area contributed by atoms with Crippen molar-refractivity contribution in [2.45, 2.75) is 12.6 Å². The molecular formula is C19H15FN2O4. The normalized spacial score (nSPS) is 12.5. The molecule has 0 spiro atoms. The minimum atomic E-state index is -1.02. The fraction of sp³-hybridized carbons (Fsp3) is 0.158. The highest BCUT2D eigenvalue weighted by Gasteiger charge is 2.15. The van der Waals surface area contributed by atoms with E-state index in [1.807, 2.05) is 18.2 Å². The van der Waals surface area contributed by atoms with Crippen molar-refractivity contribution in [1.29, 1.82) is 0 Å². The Morgan fingerprint density at radius 1 is 1.19 bits per heavy atom. The average molecular weight is 354 g/mol. The van der Waals surface area contributed by atoms with Gasteiger partial charge in [-0.2, -0.15) is 0 Å². The maximum Gasteiger partial charge on any atom is 0.297 e. The minimum Gasteiger partial charge on any atom is -0.488 e. The molecule has 1 unspecified atom stereocenters. The molecule has 2 heterocycles. The van der Waals surface area contributed by atoms with Crippen molar-refractivity contribution in [3.05, 3.63) is 71.0 Å². The van der Waals surface area contributed by atoms with E-state index in [0.717, 1.165) is 5.39 Å². The summed E-state index contributed by atoms with van der Waals surface area (Å²) in [6, 6.07) is 13.2. The van der Waals surface area contributed by atoms with Gasteiger partial charge in [0, 0.05) is 5.39 Å². The maximum atomic E-state index is 13.5. The Morgan fingerprint density at radius 2 is 1.96 bits per heavy atom. The summed E-state index contributed by atoms with van der Waals surface area (Å²) in [5.41, 5.74) is 0.805. The quantitative estimate of drug-likeness (QED) is 0.596. The third-order valence-electron chi connectivity index (χ3n) is 4.03. The number of nitrogens with zero attached hydrogens (tertiary/aromatic N) is 2. The lowest BCUT2D eigenvalue weighted by Gasteiger charge is -2.13. The van der Waals surface area contributed by atoms with E-state index in [1.165, 1.54) is 23.0 Å². The van der Waals surface area contributed by atoms with Gasteiger partial charge in [-0.25, -0.2) is 9.37 Å². The van der Waals surface area contributed by atoms with Crippen molar-refractivity contribution in [2.24, 2.45) is 0 Å². The van der Waals surface area contributed by atoms with E-state index in [2.05, 4.69) is 4.98 Å². The SMILES string of the molecule is O=c1c2oc3ccccc3c2ncn1CC(O)COc1ccccc1F. The van der Waals surface area contributed by atoms with Crippen LogP contribution in [0, 0.1) is 5.82 Å². The van der Waals surface area contributed by atoms with E-state index in [4.69, 9.17) is 9.15 Å². The lowest BCUT2D eigenvalue weighted by molar-refractivity contribution is 0.0894. The Morgan fingerprint density at radius 3 is 2.81 bits per heavy atom. The number of rotatable bonds is 5. The lowest BCUT2D eigenvalue weighted by Crippen LogP contribution is -2.30. The van der Waals surface area contributed by atoms with Crippen LogP contribution in [0.2, 0.25) is 0 Å². The van der Waals surface area contributed by atoms with Crippen molar-refractivity contribution in [1.82, 2.24) is 9.55 Å². The summed E-state index contributed by atoms with van der Waals surface area (Å²) < 4.78 is 25.6. The zero-order valence-corrected chi connectivity index (χ0v) is 13.6. The minimum absolute atomic E-state index is 0.0461. The summed E-state index contributed by atoms with van der Waals surface area (Å²) in [4.78, 5) is 16.9. The number of hydrogen-bond acceptors (Lipinski definition) is 5. The van der Waals surface area contributed by atoms with Crippen molar-refractivity contribution in [3.63, 3.8) is 0 Å². The molecule has 2 aromatic carbocycles. The van der Waals surface area contributed by atoms with Gasteiger partial charge in [0.15, 0.2) is 11.6 Å². The number of fused-ring (bicyclic) bond motifs is 3. The van der Waals surface area contributed by atoms with Gasteiger partial charge in [-0.3, -0.25) is 9.36 Å². The van der Waals surface area contributed by atoms with Crippen LogP contribution in [-0.4, -0.2) is 27.4 Å². The van der Waals surface area contributed by atoms with E-state index < -0.39 is 17.5 Å². The number of furan rings is 1. The number of aromatic nitrogens is 2. The van der Waals surface area contributed by atoms with Crippen LogP contribution >= 0.6 is 0 Å². The smallest absolute Gasteiger partial charge is 0.297 e. The molecule has 0 aliphatic heterocycles. The molecule has 1 atom stereocenters. The molecule has 26 heavy (non-hydrogen) atoms. The molecule has 7 heteroatoms. The molecule has 2 aromatic heterocycles. The number of aliphatic hydroxyl groups is 1. The Bertz CT molecular complexity index is 1140. The Labute approximate surface area is 147 Å². The highest BCUT2D eigenvalue weighted by molar-refractivity contribution is 6.01. The van der Waals surface area contributed by atoms with Crippen LogP contribution in [0.5, 0.6) is 5.75 Å². The summed E-state index contributed by atoms with van der Waals surface area (Å²) in [7, 11) is 0. The second-order valence-electron chi connectivity index (χ2n) is 5.87. The van der Waals surface area contributed by atoms with E-state index in [-0.39, 0.29) is 24.5 Å². The Kier molecular flexibility index (Phi) is 4.14. The molecule has 1 N–H and O–H groups in total. The molecule has 0 aliphatic rings. The third kappa shape index (κ3) is 2.93. The third-order valence-corrected chi connectivity index (χ3v) is 4.03. The summed E-state index contributed by atoms with van der Waals surface area (Å²) in [5.74, 6) is -0.466. The molecule has 0 saturated heterocycles. The van der Waals surface area contributed by atoms with Crippen LogP contribution in [0.25, 0.3) is 22.1 Å². The lowest BCUT2D eigenvalue weighted by atomic mass is 10.2. The van der Waals surface area contributed by atoms with Gasteiger partial charge in [0.2, 0.25) is 5.58 Å². The molecule has 0 amide bonds. The number of halogens is 1. The zero-order valence-electron chi connectivity index (χ0n) is 13.6. The van der Waals surface area contributed by atoms with Crippen LogP contribution in [0.3, 0.4) is 0 Å².